The van der Waals surface area contributed by atoms with Gasteiger partial charge < -0.3 is 11.5 Å². The summed E-state index contributed by atoms with van der Waals surface area (Å²) in [4.78, 5) is 14.3. The van der Waals surface area contributed by atoms with Gasteiger partial charge in [0.2, 0.25) is 0 Å². The summed E-state index contributed by atoms with van der Waals surface area (Å²) in [5, 5.41) is 0. The van der Waals surface area contributed by atoms with Gasteiger partial charge in [-0.25, -0.2) is 0 Å². The summed E-state index contributed by atoms with van der Waals surface area (Å²) in [5.41, 5.74) is 11.4. The molecule has 1 rings (SSSR count). The van der Waals surface area contributed by atoms with Crippen LogP contribution < -0.4 is 11.5 Å². The first kappa shape index (κ1) is 10.9. The molecule has 0 aromatic carbocycles. The van der Waals surface area contributed by atoms with E-state index in [1.807, 2.05) is 0 Å². The maximum Gasteiger partial charge on any atom is 0.267 e. The van der Waals surface area contributed by atoms with Gasteiger partial charge in [-0.1, -0.05) is 6.07 Å². The molecule has 1 amide bonds. The Hall–Kier alpha value is -1.13. The molecule has 4 nitrogen and oxygen atoms in total. The number of hydrogen-bond acceptors (Lipinski definition) is 3. The number of halogens is 1. The van der Waals surface area contributed by atoms with Gasteiger partial charge in [0.05, 0.1) is 0 Å². The molecule has 0 aliphatic carbocycles. The fourth-order valence-corrected chi connectivity index (χ4v) is 0.691. The van der Waals surface area contributed by atoms with Crippen LogP contribution in [0.3, 0.4) is 0 Å². The number of nitrogens with two attached hydrogens (primary N) is 2. The zero-order valence-electron chi connectivity index (χ0n) is 6.36. The molecule has 0 saturated heterocycles. The van der Waals surface area contributed by atoms with Crippen LogP contribution in [0.25, 0.3) is 0 Å². The van der Waals surface area contributed by atoms with E-state index in [-0.39, 0.29) is 18.1 Å². The average Bonchev–Trinajstić information content (AvgIpc) is 2.05. The molecule has 0 saturated carbocycles. The van der Waals surface area contributed by atoms with Crippen LogP contribution in [0.2, 0.25) is 0 Å². The summed E-state index contributed by atoms with van der Waals surface area (Å²) in [6.07, 6.45) is 1.54. The van der Waals surface area contributed by atoms with Gasteiger partial charge in [-0.15, -0.1) is 12.4 Å². The molecule has 1 aromatic rings. The Morgan fingerprint density at radius 1 is 1.50 bits per heavy atom. The molecule has 66 valence electrons. The average molecular weight is 188 g/mol. The van der Waals surface area contributed by atoms with E-state index in [1.54, 1.807) is 18.3 Å². The van der Waals surface area contributed by atoms with Gasteiger partial charge in [0, 0.05) is 12.7 Å². The molecular formula is C7H10ClN3O. The molecule has 0 aliphatic rings. The van der Waals surface area contributed by atoms with Gasteiger partial charge in [-0.05, 0) is 11.6 Å². The Labute approximate surface area is 76.4 Å². The lowest BCUT2D eigenvalue weighted by atomic mass is 10.2. The van der Waals surface area contributed by atoms with Crippen LogP contribution in [-0.4, -0.2) is 10.9 Å². The van der Waals surface area contributed by atoms with Gasteiger partial charge in [-0.2, -0.15) is 0 Å². The van der Waals surface area contributed by atoms with Gasteiger partial charge in [0.1, 0.15) is 5.69 Å². The molecule has 0 bridgehead atoms. The topological polar surface area (TPSA) is 82.0 Å². The highest BCUT2D eigenvalue weighted by Gasteiger charge is 1.99. The molecule has 5 heteroatoms. The molecule has 12 heavy (non-hydrogen) atoms. The lowest BCUT2D eigenvalue weighted by Crippen LogP contribution is -2.13. The van der Waals surface area contributed by atoms with Crippen molar-refractivity contribution in [3.8, 4) is 0 Å². The summed E-state index contributed by atoms with van der Waals surface area (Å²) in [6, 6.07) is 3.29. The first-order valence-corrected chi connectivity index (χ1v) is 3.19. The highest BCUT2D eigenvalue weighted by molar-refractivity contribution is 5.90. The summed E-state index contributed by atoms with van der Waals surface area (Å²) in [6.45, 7) is 0.423. The number of primary amides is 1. The van der Waals surface area contributed by atoms with Crippen molar-refractivity contribution >= 4 is 18.3 Å². The van der Waals surface area contributed by atoms with Crippen molar-refractivity contribution in [1.29, 1.82) is 0 Å². The van der Waals surface area contributed by atoms with Crippen LogP contribution in [-0.2, 0) is 6.54 Å². The smallest absolute Gasteiger partial charge is 0.267 e. The Bertz CT molecular complexity index is 260. The summed E-state index contributed by atoms with van der Waals surface area (Å²) >= 11 is 0. The van der Waals surface area contributed by atoms with Crippen molar-refractivity contribution in [1.82, 2.24) is 4.98 Å². The molecule has 0 fully saturated rings. The normalized spacial score (nSPS) is 8.75. The molecule has 0 radical (unpaired) electrons. The van der Waals surface area contributed by atoms with Crippen molar-refractivity contribution in [2.75, 3.05) is 0 Å². The van der Waals surface area contributed by atoms with Crippen molar-refractivity contribution < 1.29 is 4.79 Å². The monoisotopic (exact) mass is 187 g/mol. The van der Waals surface area contributed by atoms with Crippen molar-refractivity contribution in [2.24, 2.45) is 11.5 Å². The van der Waals surface area contributed by atoms with E-state index in [2.05, 4.69) is 4.98 Å². The van der Waals surface area contributed by atoms with Crippen LogP contribution in [0.1, 0.15) is 16.1 Å². The zero-order chi connectivity index (χ0) is 8.27. The van der Waals surface area contributed by atoms with Crippen LogP contribution in [0.5, 0.6) is 0 Å². The molecule has 0 atom stereocenters. The van der Waals surface area contributed by atoms with E-state index in [0.717, 1.165) is 5.56 Å². The standard InChI is InChI=1S/C7H9N3O.ClH/c8-3-5-1-2-6(7(9)11)10-4-5;/h1-2,4H,3,8H2,(H2,9,11);1H. The Balaban J connectivity index is 0.00000121. The zero-order valence-corrected chi connectivity index (χ0v) is 7.17. The third-order valence-electron chi connectivity index (χ3n) is 1.31. The van der Waals surface area contributed by atoms with Crippen molar-refractivity contribution in [3.63, 3.8) is 0 Å². The second-order valence-electron chi connectivity index (χ2n) is 2.12. The van der Waals surface area contributed by atoms with Gasteiger partial charge >= 0.3 is 0 Å². The number of carbonyl (C=O) groups is 1. The first-order chi connectivity index (χ1) is 5.24. The third-order valence-corrected chi connectivity index (χ3v) is 1.31. The largest absolute Gasteiger partial charge is 0.364 e. The van der Waals surface area contributed by atoms with Crippen LogP contribution in [0.4, 0.5) is 0 Å². The number of nitrogens with zero attached hydrogens (tertiary/aromatic N) is 1. The van der Waals surface area contributed by atoms with E-state index >= 15 is 0 Å². The first-order valence-electron chi connectivity index (χ1n) is 3.19. The SMILES string of the molecule is Cl.NCc1ccc(C(N)=O)nc1. The fraction of sp³-hybridized carbons (Fsp3) is 0.143. The number of carbonyl (C=O) groups excluding carboxylic acids is 1. The summed E-state index contributed by atoms with van der Waals surface area (Å²) in [5.74, 6) is -0.520. The van der Waals surface area contributed by atoms with Crippen molar-refractivity contribution in [3.05, 3.63) is 29.6 Å². The minimum absolute atomic E-state index is 0. The quantitative estimate of drug-likeness (QED) is 0.687. The number of aromatic nitrogens is 1. The second-order valence-corrected chi connectivity index (χ2v) is 2.12. The van der Waals surface area contributed by atoms with Crippen LogP contribution in [0.15, 0.2) is 18.3 Å². The summed E-state index contributed by atoms with van der Waals surface area (Å²) < 4.78 is 0. The van der Waals surface area contributed by atoms with Gasteiger partial charge in [0.25, 0.3) is 5.91 Å². The van der Waals surface area contributed by atoms with Crippen LogP contribution in [0, 0.1) is 0 Å². The number of hydrogen-bond donors (Lipinski definition) is 2. The molecule has 0 spiro atoms. The Kier molecular flexibility index (Phi) is 4.25. The minimum Gasteiger partial charge on any atom is -0.364 e. The van der Waals surface area contributed by atoms with E-state index < -0.39 is 5.91 Å². The fourth-order valence-electron chi connectivity index (χ4n) is 0.691. The lowest BCUT2D eigenvalue weighted by molar-refractivity contribution is 0.0995. The number of pyridine rings is 1. The lowest BCUT2D eigenvalue weighted by Gasteiger charge is -1.95. The minimum atomic E-state index is -0.520. The van der Waals surface area contributed by atoms with E-state index in [0.29, 0.717) is 6.54 Å². The molecule has 0 unspecified atom stereocenters. The maximum absolute atomic E-state index is 10.5. The van der Waals surface area contributed by atoms with Gasteiger partial charge in [0.15, 0.2) is 0 Å². The highest BCUT2D eigenvalue weighted by atomic mass is 35.5. The molecule has 0 aliphatic heterocycles. The molecule has 1 heterocycles. The second kappa shape index (κ2) is 4.69. The predicted octanol–water partition coefficient (Wildman–Crippen LogP) is 0.0610. The maximum atomic E-state index is 10.5. The van der Waals surface area contributed by atoms with Crippen LogP contribution >= 0.6 is 12.4 Å². The van der Waals surface area contributed by atoms with Crippen molar-refractivity contribution in [2.45, 2.75) is 6.54 Å². The van der Waals surface area contributed by atoms with E-state index in [1.165, 1.54) is 0 Å². The van der Waals surface area contributed by atoms with Gasteiger partial charge in [-0.3, -0.25) is 9.78 Å². The molecule has 1 aromatic heterocycles. The Morgan fingerprint density at radius 3 is 2.50 bits per heavy atom. The van der Waals surface area contributed by atoms with E-state index in [4.69, 9.17) is 11.5 Å². The van der Waals surface area contributed by atoms with E-state index in [9.17, 15) is 4.79 Å². The Morgan fingerprint density at radius 2 is 2.17 bits per heavy atom. The third kappa shape index (κ3) is 2.48. The number of rotatable bonds is 2. The summed E-state index contributed by atoms with van der Waals surface area (Å²) in [7, 11) is 0. The molecule has 4 N–H and O–H groups in total. The predicted molar refractivity (Wildman–Crippen MR) is 47.9 cm³/mol. The number of amides is 1. The molecular weight excluding hydrogens is 178 g/mol. The highest BCUT2D eigenvalue weighted by Crippen LogP contribution is 1.97.